The molecule has 0 amide bonds. The molecule has 0 bridgehead atoms. The molecule has 7 heteroatoms. The fraction of sp³-hybridized carbons (Fsp3) is 0.786. The fourth-order valence-corrected chi connectivity index (χ4v) is 3.95. The van der Waals surface area contributed by atoms with Crippen molar-refractivity contribution in [2.24, 2.45) is 0 Å². The first-order valence-corrected chi connectivity index (χ1v) is 8.89. The van der Waals surface area contributed by atoms with Gasteiger partial charge in [-0.15, -0.1) is 0 Å². The van der Waals surface area contributed by atoms with Crippen molar-refractivity contribution in [1.29, 1.82) is 0 Å². The first kappa shape index (κ1) is 18.1. The van der Waals surface area contributed by atoms with E-state index in [-0.39, 0.29) is 0 Å². The molecular formula is C14H28N4O2S. The summed E-state index contributed by atoms with van der Waals surface area (Å²) in [5.74, 6) is 0. The minimum atomic E-state index is -3.45. The van der Waals surface area contributed by atoms with E-state index < -0.39 is 10.0 Å². The summed E-state index contributed by atoms with van der Waals surface area (Å²) < 4.78 is 28.4. The number of hydrogen-bond acceptors (Lipinski definition) is 4. The van der Waals surface area contributed by atoms with E-state index in [1.165, 1.54) is 4.31 Å². The van der Waals surface area contributed by atoms with Gasteiger partial charge in [-0.05, 0) is 20.3 Å². The van der Waals surface area contributed by atoms with E-state index in [1.807, 2.05) is 13.8 Å². The molecule has 1 heterocycles. The number of nitrogens with zero attached hydrogens (tertiary/aromatic N) is 3. The maximum Gasteiger partial charge on any atom is 0.246 e. The van der Waals surface area contributed by atoms with E-state index in [0.717, 1.165) is 13.0 Å². The van der Waals surface area contributed by atoms with Gasteiger partial charge in [0.25, 0.3) is 0 Å². The number of nitrogens with one attached hydrogen (secondary N) is 1. The molecule has 0 spiro atoms. The number of hydrogen-bond donors (Lipinski definition) is 1. The monoisotopic (exact) mass is 316 g/mol. The Morgan fingerprint density at radius 1 is 1.33 bits per heavy atom. The van der Waals surface area contributed by atoms with Crippen LogP contribution >= 0.6 is 0 Å². The maximum absolute atomic E-state index is 12.6. The van der Waals surface area contributed by atoms with Crippen molar-refractivity contribution in [3.05, 3.63) is 11.4 Å². The molecule has 122 valence electrons. The molecule has 1 aromatic heterocycles. The van der Waals surface area contributed by atoms with Gasteiger partial charge in [-0.2, -0.15) is 5.10 Å². The van der Waals surface area contributed by atoms with Gasteiger partial charge in [0.1, 0.15) is 4.90 Å². The summed E-state index contributed by atoms with van der Waals surface area (Å²) in [5.41, 5.74) is 1.28. The predicted molar refractivity (Wildman–Crippen MR) is 84.9 cm³/mol. The van der Waals surface area contributed by atoms with Crippen LogP contribution in [0.2, 0.25) is 0 Å². The summed E-state index contributed by atoms with van der Waals surface area (Å²) in [6.07, 6.45) is 0.792. The van der Waals surface area contributed by atoms with Crippen molar-refractivity contribution < 1.29 is 8.42 Å². The van der Waals surface area contributed by atoms with Crippen LogP contribution in [0.4, 0.5) is 0 Å². The van der Waals surface area contributed by atoms with Gasteiger partial charge in [-0.25, -0.2) is 12.7 Å². The third-order valence-electron chi connectivity index (χ3n) is 3.40. The van der Waals surface area contributed by atoms with Gasteiger partial charge in [0.05, 0.1) is 17.9 Å². The summed E-state index contributed by atoms with van der Waals surface area (Å²) in [5, 5.41) is 7.70. The van der Waals surface area contributed by atoms with Crippen LogP contribution < -0.4 is 5.32 Å². The second-order valence-corrected chi connectivity index (χ2v) is 7.64. The van der Waals surface area contributed by atoms with E-state index in [1.54, 1.807) is 18.7 Å². The lowest BCUT2D eigenvalue weighted by atomic mass is 10.4. The highest BCUT2D eigenvalue weighted by Gasteiger charge is 2.28. The normalized spacial score (nSPS) is 12.6. The number of aryl methyl sites for hydroxylation is 1. The molecule has 1 aromatic rings. The maximum atomic E-state index is 12.6. The van der Waals surface area contributed by atoms with Gasteiger partial charge < -0.3 is 5.32 Å². The van der Waals surface area contributed by atoms with Crippen LogP contribution in [0.3, 0.4) is 0 Å². The molecule has 0 unspecified atom stereocenters. The van der Waals surface area contributed by atoms with Crippen LogP contribution in [0, 0.1) is 13.8 Å². The van der Waals surface area contributed by atoms with Gasteiger partial charge in [-0.3, -0.25) is 4.68 Å². The molecule has 6 nitrogen and oxygen atoms in total. The highest BCUT2D eigenvalue weighted by Crippen LogP contribution is 2.22. The topological polar surface area (TPSA) is 67.2 Å². The first-order valence-electron chi connectivity index (χ1n) is 7.45. The number of rotatable bonds is 8. The Bertz CT molecular complexity index is 564. The summed E-state index contributed by atoms with van der Waals surface area (Å²) in [6, 6.07) is 0.404. The lowest BCUT2D eigenvalue weighted by Crippen LogP contribution is -2.29. The van der Waals surface area contributed by atoms with Crippen molar-refractivity contribution in [2.45, 2.75) is 58.5 Å². The molecule has 0 aromatic carbocycles. The molecule has 0 saturated heterocycles. The molecule has 0 aliphatic heterocycles. The van der Waals surface area contributed by atoms with E-state index in [0.29, 0.717) is 35.4 Å². The second kappa shape index (κ2) is 7.38. The SMILES string of the molecule is CCCN(C)S(=O)(=O)c1c(C)nn(CCNC(C)C)c1C. The molecule has 1 N–H and O–H groups in total. The summed E-state index contributed by atoms with van der Waals surface area (Å²) >= 11 is 0. The van der Waals surface area contributed by atoms with Crippen LogP contribution in [-0.4, -0.2) is 48.7 Å². The van der Waals surface area contributed by atoms with Crippen LogP contribution in [0.1, 0.15) is 38.6 Å². The van der Waals surface area contributed by atoms with Crippen LogP contribution in [0.5, 0.6) is 0 Å². The smallest absolute Gasteiger partial charge is 0.246 e. The summed E-state index contributed by atoms with van der Waals surface area (Å²) in [7, 11) is -1.83. The number of sulfonamides is 1. The Labute approximate surface area is 128 Å². The molecule has 0 fully saturated rings. The lowest BCUT2D eigenvalue weighted by molar-refractivity contribution is 0.466. The Hall–Kier alpha value is -0.920. The quantitative estimate of drug-likeness (QED) is 0.790. The zero-order valence-electron chi connectivity index (χ0n) is 14.0. The van der Waals surface area contributed by atoms with Crippen LogP contribution in [0.25, 0.3) is 0 Å². The van der Waals surface area contributed by atoms with Crippen molar-refractivity contribution in [3.63, 3.8) is 0 Å². The minimum absolute atomic E-state index is 0.350. The summed E-state index contributed by atoms with van der Waals surface area (Å²) in [6.45, 7) is 11.7. The van der Waals surface area contributed by atoms with Crippen LogP contribution in [-0.2, 0) is 16.6 Å². The van der Waals surface area contributed by atoms with Crippen molar-refractivity contribution in [1.82, 2.24) is 19.4 Å². The Kier molecular flexibility index (Phi) is 6.37. The van der Waals surface area contributed by atoms with Gasteiger partial charge in [0, 0.05) is 26.2 Å². The first-order chi connectivity index (χ1) is 9.71. The third-order valence-corrected chi connectivity index (χ3v) is 5.51. The largest absolute Gasteiger partial charge is 0.313 e. The Morgan fingerprint density at radius 2 is 1.95 bits per heavy atom. The van der Waals surface area contributed by atoms with E-state index in [9.17, 15) is 8.42 Å². The highest BCUT2D eigenvalue weighted by molar-refractivity contribution is 7.89. The predicted octanol–water partition coefficient (Wildman–Crippen LogP) is 1.53. The molecule has 0 atom stereocenters. The van der Waals surface area contributed by atoms with Gasteiger partial charge in [0.15, 0.2) is 0 Å². The number of aromatic nitrogens is 2. The zero-order chi connectivity index (χ0) is 16.2. The van der Waals surface area contributed by atoms with Crippen molar-refractivity contribution in [3.8, 4) is 0 Å². The third kappa shape index (κ3) is 4.28. The molecule has 0 saturated carbocycles. The molecule has 0 aliphatic rings. The average Bonchev–Trinajstić information content (AvgIpc) is 2.64. The fourth-order valence-electron chi connectivity index (χ4n) is 2.32. The Balaban J connectivity index is 3.02. The molecule has 21 heavy (non-hydrogen) atoms. The van der Waals surface area contributed by atoms with Crippen molar-refractivity contribution in [2.75, 3.05) is 20.1 Å². The van der Waals surface area contributed by atoms with Gasteiger partial charge >= 0.3 is 0 Å². The zero-order valence-corrected chi connectivity index (χ0v) is 14.8. The van der Waals surface area contributed by atoms with Crippen molar-refractivity contribution >= 4 is 10.0 Å². The van der Waals surface area contributed by atoms with E-state index >= 15 is 0 Å². The highest BCUT2D eigenvalue weighted by atomic mass is 32.2. The average molecular weight is 316 g/mol. The minimum Gasteiger partial charge on any atom is -0.313 e. The molecule has 0 radical (unpaired) electrons. The second-order valence-electron chi connectivity index (χ2n) is 5.66. The summed E-state index contributed by atoms with van der Waals surface area (Å²) in [4.78, 5) is 0.350. The van der Waals surface area contributed by atoms with Gasteiger partial charge in [0.2, 0.25) is 10.0 Å². The standard InChI is InChI=1S/C14H28N4O2S/c1-7-9-17(6)21(19,20)14-12(4)16-18(13(14)5)10-8-15-11(2)3/h11,15H,7-10H2,1-6H3. The Morgan fingerprint density at radius 3 is 2.48 bits per heavy atom. The van der Waals surface area contributed by atoms with Gasteiger partial charge in [-0.1, -0.05) is 20.8 Å². The van der Waals surface area contributed by atoms with Crippen LogP contribution in [0.15, 0.2) is 4.90 Å². The van der Waals surface area contributed by atoms with E-state index in [4.69, 9.17) is 0 Å². The molecular weight excluding hydrogens is 288 g/mol. The van der Waals surface area contributed by atoms with E-state index in [2.05, 4.69) is 24.3 Å². The molecule has 1 rings (SSSR count). The molecule has 0 aliphatic carbocycles. The lowest BCUT2D eigenvalue weighted by Gasteiger charge is -2.16.